The van der Waals surface area contributed by atoms with Crippen molar-refractivity contribution in [2.24, 2.45) is 0 Å². The van der Waals surface area contributed by atoms with Gasteiger partial charge in [0.05, 0.1) is 11.8 Å². The number of rotatable bonds is 3. The summed E-state index contributed by atoms with van der Waals surface area (Å²) in [4.78, 5) is 8.50. The first-order chi connectivity index (χ1) is 10.1. The Labute approximate surface area is 120 Å². The van der Waals surface area contributed by atoms with E-state index in [-0.39, 0.29) is 11.7 Å². The molecular formula is C14H14FN5O. The molecule has 3 heterocycles. The molecule has 0 unspecified atom stereocenters. The summed E-state index contributed by atoms with van der Waals surface area (Å²) in [7, 11) is 0. The summed E-state index contributed by atoms with van der Waals surface area (Å²) in [5, 5.41) is 8.06. The van der Waals surface area contributed by atoms with Gasteiger partial charge in [0.2, 0.25) is 5.82 Å². The van der Waals surface area contributed by atoms with Crippen LogP contribution in [0.4, 0.5) is 4.39 Å². The standard InChI is InChI=1S/C14H14FN5O/c1-4-5-11(15)14-18-12(19-21-14)10-7-16-20-9(3)6-8(2)17-13(10)20/h5-7H,4H2,1-3H3. The number of hydrogen-bond donors (Lipinski definition) is 0. The first-order valence-corrected chi connectivity index (χ1v) is 6.62. The van der Waals surface area contributed by atoms with E-state index in [1.54, 1.807) is 10.7 Å². The third kappa shape index (κ3) is 2.31. The third-order valence-corrected chi connectivity index (χ3v) is 3.03. The molecule has 0 atom stereocenters. The minimum atomic E-state index is -0.520. The molecule has 108 valence electrons. The summed E-state index contributed by atoms with van der Waals surface area (Å²) in [5.74, 6) is -0.374. The topological polar surface area (TPSA) is 69.1 Å². The lowest BCUT2D eigenvalue weighted by Crippen LogP contribution is -1.97. The molecule has 0 aliphatic rings. The Morgan fingerprint density at radius 1 is 1.38 bits per heavy atom. The fraction of sp³-hybridized carbons (Fsp3) is 0.286. The van der Waals surface area contributed by atoms with E-state index >= 15 is 0 Å². The molecule has 3 rings (SSSR count). The Kier molecular flexibility index (Phi) is 3.25. The van der Waals surface area contributed by atoms with Gasteiger partial charge in [0.15, 0.2) is 11.5 Å². The van der Waals surface area contributed by atoms with Crippen molar-refractivity contribution in [3.63, 3.8) is 0 Å². The summed E-state index contributed by atoms with van der Waals surface area (Å²) in [5.41, 5.74) is 3.05. The maximum atomic E-state index is 13.7. The molecule has 3 aromatic heterocycles. The van der Waals surface area contributed by atoms with Crippen molar-refractivity contribution in [2.45, 2.75) is 27.2 Å². The maximum absolute atomic E-state index is 13.7. The quantitative estimate of drug-likeness (QED) is 0.740. The molecule has 0 radical (unpaired) electrons. The minimum absolute atomic E-state index is 0.129. The van der Waals surface area contributed by atoms with Crippen molar-refractivity contribution < 1.29 is 8.91 Å². The second-order valence-corrected chi connectivity index (χ2v) is 4.72. The lowest BCUT2D eigenvalue weighted by atomic mass is 10.3. The van der Waals surface area contributed by atoms with Gasteiger partial charge in [-0.15, -0.1) is 0 Å². The fourth-order valence-electron chi connectivity index (χ4n) is 2.12. The average Bonchev–Trinajstić information content (AvgIpc) is 3.04. The van der Waals surface area contributed by atoms with Crippen LogP contribution in [0.15, 0.2) is 22.9 Å². The number of hydrogen-bond acceptors (Lipinski definition) is 5. The third-order valence-electron chi connectivity index (χ3n) is 3.03. The zero-order chi connectivity index (χ0) is 15.0. The van der Waals surface area contributed by atoms with E-state index in [1.165, 1.54) is 6.08 Å². The smallest absolute Gasteiger partial charge is 0.286 e. The molecule has 0 saturated carbocycles. The summed E-state index contributed by atoms with van der Waals surface area (Å²) >= 11 is 0. The van der Waals surface area contributed by atoms with Crippen LogP contribution in [0.2, 0.25) is 0 Å². The van der Waals surface area contributed by atoms with Crippen LogP contribution in [0.3, 0.4) is 0 Å². The van der Waals surface area contributed by atoms with E-state index in [0.29, 0.717) is 17.6 Å². The van der Waals surface area contributed by atoms with Crippen molar-refractivity contribution in [1.82, 2.24) is 24.7 Å². The van der Waals surface area contributed by atoms with Crippen LogP contribution < -0.4 is 0 Å². The highest BCUT2D eigenvalue weighted by molar-refractivity contribution is 5.72. The van der Waals surface area contributed by atoms with Gasteiger partial charge in [0.25, 0.3) is 5.89 Å². The lowest BCUT2D eigenvalue weighted by molar-refractivity contribution is 0.398. The van der Waals surface area contributed by atoms with E-state index in [1.807, 2.05) is 26.8 Å². The molecule has 0 fully saturated rings. The van der Waals surface area contributed by atoms with Crippen molar-refractivity contribution in [2.75, 3.05) is 0 Å². The van der Waals surface area contributed by atoms with Crippen LogP contribution in [0.1, 0.15) is 30.6 Å². The molecule has 0 spiro atoms. The highest BCUT2D eigenvalue weighted by atomic mass is 19.1. The van der Waals surface area contributed by atoms with Gasteiger partial charge in [0, 0.05) is 11.4 Å². The molecule has 0 N–H and O–H groups in total. The van der Waals surface area contributed by atoms with Crippen molar-refractivity contribution >= 4 is 11.5 Å². The van der Waals surface area contributed by atoms with Crippen molar-refractivity contribution in [3.8, 4) is 11.4 Å². The van der Waals surface area contributed by atoms with Crippen LogP contribution in [0, 0.1) is 13.8 Å². The Bertz CT molecular complexity index is 833. The predicted molar refractivity (Wildman–Crippen MR) is 75.1 cm³/mol. The van der Waals surface area contributed by atoms with E-state index in [4.69, 9.17) is 4.52 Å². The number of fused-ring (bicyclic) bond motifs is 1. The van der Waals surface area contributed by atoms with Crippen molar-refractivity contribution in [1.29, 1.82) is 0 Å². The highest BCUT2D eigenvalue weighted by Crippen LogP contribution is 2.24. The summed E-state index contributed by atoms with van der Waals surface area (Å²) in [6.07, 6.45) is 3.55. The maximum Gasteiger partial charge on any atom is 0.286 e. The van der Waals surface area contributed by atoms with Gasteiger partial charge in [-0.1, -0.05) is 12.1 Å². The number of nitrogens with zero attached hydrogens (tertiary/aromatic N) is 5. The molecule has 0 bridgehead atoms. The monoisotopic (exact) mass is 287 g/mol. The molecule has 21 heavy (non-hydrogen) atoms. The summed E-state index contributed by atoms with van der Waals surface area (Å²) in [6, 6.07) is 1.93. The first-order valence-electron chi connectivity index (χ1n) is 6.62. The fourth-order valence-corrected chi connectivity index (χ4v) is 2.12. The second kappa shape index (κ2) is 5.08. The number of halogens is 1. The van der Waals surface area contributed by atoms with E-state index in [0.717, 1.165) is 11.4 Å². The van der Waals surface area contributed by atoms with Gasteiger partial charge in [-0.3, -0.25) is 0 Å². The zero-order valence-electron chi connectivity index (χ0n) is 12.0. The molecule has 0 saturated heterocycles. The van der Waals surface area contributed by atoms with E-state index < -0.39 is 5.83 Å². The molecule has 0 aliphatic heterocycles. The molecule has 0 aromatic carbocycles. The zero-order valence-corrected chi connectivity index (χ0v) is 12.0. The minimum Gasteiger partial charge on any atom is -0.331 e. The molecule has 0 amide bonds. The SMILES string of the molecule is CCC=C(F)c1nc(-c2cnn3c(C)cc(C)nc23)no1. The predicted octanol–water partition coefficient (Wildman–Crippen LogP) is 3.12. The summed E-state index contributed by atoms with van der Waals surface area (Å²) < 4.78 is 20.3. The van der Waals surface area contributed by atoms with Crippen molar-refractivity contribution in [3.05, 3.63) is 35.6 Å². The van der Waals surface area contributed by atoms with Gasteiger partial charge in [-0.25, -0.2) is 13.9 Å². The lowest BCUT2D eigenvalue weighted by Gasteiger charge is -2.00. The van der Waals surface area contributed by atoms with Crippen LogP contribution in [0.5, 0.6) is 0 Å². The van der Waals surface area contributed by atoms with Crippen LogP contribution in [-0.2, 0) is 0 Å². The normalized spacial score (nSPS) is 12.3. The molecule has 6 nitrogen and oxygen atoms in total. The van der Waals surface area contributed by atoms with Gasteiger partial charge >= 0.3 is 0 Å². The number of allylic oxidation sites excluding steroid dienone is 1. The average molecular weight is 287 g/mol. The van der Waals surface area contributed by atoms with Crippen LogP contribution >= 0.6 is 0 Å². The summed E-state index contributed by atoms with van der Waals surface area (Å²) in [6.45, 7) is 5.66. The Hall–Kier alpha value is -2.57. The van der Waals surface area contributed by atoms with E-state index in [9.17, 15) is 4.39 Å². The Balaban J connectivity index is 2.11. The molecule has 0 aliphatic carbocycles. The van der Waals surface area contributed by atoms with Gasteiger partial charge < -0.3 is 4.52 Å². The van der Waals surface area contributed by atoms with Crippen LogP contribution in [0.25, 0.3) is 22.9 Å². The Morgan fingerprint density at radius 3 is 2.95 bits per heavy atom. The number of aryl methyl sites for hydroxylation is 2. The Morgan fingerprint density at radius 2 is 2.19 bits per heavy atom. The highest BCUT2D eigenvalue weighted by Gasteiger charge is 2.17. The molecule has 7 heteroatoms. The second-order valence-electron chi connectivity index (χ2n) is 4.72. The largest absolute Gasteiger partial charge is 0.331 e. The molecular weight excluding hydrogens is 273 g/mol. The number of aromatic nitrogens is 5. The van der Waals surface area contributed by atoms with Gasteiger partial charge in [-0.05, 0) is 32.4 Å². The molecule has 3 aromatic rings. The van der Waals surface area contributed by atoms with Crippen LogP contribution in [-0.4, -0.2) is 24.7 Å². The van der Waals surface area contributed by atoms with Gasteiger partial charge in [0.1, 0.15) is 0 Å². The van der Waals surface area contributed by atoms with E-state index in [2.05, 4.69) is 20.2 Å². The first kappa shape index (κ1) is 13.4. The van der Waals surface area contributed by atoms with Gasteiger partial charge in [-0.2, -0.15) is 10.1 Å².